The zero-order valence-electron chi connectivity index (χ0n) is 14.5. The Balaban J connectivity index is 1.67. The van der Waals surface area contributed by atoms with Gasteiger partial charge in [0.1, 0.15) is 5.82 Å². The second-order valence-electron chi connectivity index (χ2n) is 5.82. The van der Waals surface area contributed by atoms with E-state index in [2.05, 4.69) is 31.9 Å². The van der Waals surface area contributed by atoms with E-state index >= 15 is 0 Å². The molecule has 2 aromatic heterocycles. The normalized spacial score (nSPS) is 10.7. The van der Waals surface area contributed by atoms with Crippen LogP contribution >= 0.6 is 27.3 Å². The molecule has 6 nitrogen and oxygen atoms in total. The number of nitrogens with zero attached hydrogens (tertiary/aromatic N) is 2. The second kappa shape index (κ2) is 8.01. The molecule has 1 aromatic carbocycles. The van der Waals surface area contributed by atoms with Crippen molar-refractivity contribution in [1.82, 2.24) is 20.6 Å². The van der Waals surface area contributed by atoms with Crippen LogP contribution in [0.2, 0.25) is 0 Å². The molecule has 0 aliphatic heterocycles. The van der Waals surface area contributed by atoms with Crippen molar-refractivity contribution in [2.45, 2.75) is 20.3 Å². The molecular weight excluding hydrogens is 435 g/mol. The predicted molar refractivity (Wildman–Crippen MR) is 104 cm³/mol. The number of hydrogen-bond acceptors (Lipinski definition) is 4. The maximum Gasteiger partial charge on any atom is 0.279 e. The molecule has 140 valence electrons. The lowest BCUT2D eigenvalue weighted by Crippen LogP contribution is -2.42. The average molecular weight is 451 g/mol. The van der Waals surface area contributed by atoms with E-state index in [1.54, 1.807) is 35.9 Å². The molecule has 0 fully saturated rings. The number of carbonyl (C=O) groups excluding carboxylic acids is 2. The van der Waals surface area contributed by atoms with Crippen molar-refractivity contribution in [3.63, 3.8) is 0 Å². The van der Waals surface area contributed by atoms with Gasteiger partial charge >= 0.3 is 0 Å². The summed E-state index contributed by atoms with van der Waals surface area (Å²) in [6, 6.07) is 9.39. The van der Waals surface area contributed by atoms with Crippen molar-refractivity contribution in [3.8, 4) is 5.69 Å². The molecule has 0 aliphatic carbocycles. The van der Waals surface area contributed by atoms with Gasteiger partial charge in [0.2, 0.25) is 5.91 Å². The highest BCUT2D eigenvalue weighted by atomic mass is 79.9. The molecule has 2 N–H and O–H groups in total. The molecule has 3 rings (SSSR count). The fourth-order valence-electron chi connectivity index (χ4n) is 2.59. The minimum Gasteiger partial charge on any atom is -0.273 e. The van der Waals surface area contributed by atoms with Crippen molar-refractivity contribution in [3.05, 3.63) is 67.8 Å². The Morgan fingerprint density at radius 3 is 2.48 bits per heavy atom. The number of aromatic nitrogens is 2. The van der Waals surface area contributed by atoms with Crippen LogP contribution in [-0.4, -0.2) is 21.6 Å². The molecule has 0 aliphatic rings. The van der Waals surface area contributed by atoms with Crippen LogP contribution in [0.5, 0.6) is 0 Å². The van der Waals surface area contributed by atoms with E-state index in [4.69, 9.17) is 0 Å². The van der Waals surface area contributed by atoms with E-state index in [0.717, 1.165) is 15.0 Å². The molecule has 9 heteroatoms. The van der Waals surface area contributed by atoms with Gasteiger partial charge in [-0.1, -0.05) is 0 Å². The average Bonchev–Trinajstić information content (AvgIpc) is 3.19. The first-order valence-corrected chi connectivity index (χ1v) is 9.61. The number of nitrogens with one attached hydrogen (secondary N) is 2. The number of halogens is 2. The van der Waals surface area contributed by atoms with E-state index in [0.29, 0.717) is 16.3 Å². The topological polar surface area (TPSA) is 76.0 Å². The lowest BCUT2D eigenvalue weighted by Gasteiger charge is -2.07. The van der Waals surface area contributed by atoms with Crippen LogP contribution in [0, 0.1) is 19.7 Å². The molecule has 0 saturated carbocycles. The minimum atomic E-state index is -0.380. The Kier molecular flexibility index (Phi) is 5.71. The molecule has 0 spiro atoms. The number of hydrogen-bond donors (Lipinski definition) is 2. The van der Waals surface area contributed by atoms with Gasteiger partial charge in [-0.25, -0.2) is 9.07 Å². The van der Waals surface area contributed by atoms with Gasteiger partial charge in [-0.05, 0) is 66.2 Å². The van der Waals surface area contributed by atoms with Crippen LogP contribution in [-0.2, 0) is 11.2 Å². The molecule has 0 radical (unpaired) electrons. The smallest absolute Gasteiger partial charge is 0.273 e. The number of amides is 2. The fraction of sp³-hybridized carbons (Fsp3) is 0.167. The zero-order chi connectivity index (χ0) is 19.6. The SMILES string of the molecule is Cc1nn(-c2ccc(F)cc2)c(C)c1CC(=O)NNC(=O)c1ccc(Br)s1. The van der Waals surface area contributed by atoms with Crippen LogP contribution < -0.4 is 10.9 Å². The van der Waals surface area contributed by atoms with E-state index in [1.807, 2.05) is 6.92 Å². The number of carbonyl (C=O) groups is 2. The lowest BCUT2D eigenvalue weighted by molar-refractivity contribution is -0.121. The summed E-state index contributed by atoms with van der Waals surface area (Å²) in [4.78, 5) is 24.7. The van der Waals surface area contributed by atoms with Gasteiger partial charge in [-0.15, -0.1) is 11.3 Å². The summed E-state index contributed by atoms with van der Waals surface area (Å²) in [5, 5.41) is 4.43. The van der Waals surface area contributed by atoms with Gasteiger partial charge in [-0.3, -0.25) is 20.4 Å². The summed E-state index contributed by atoms with van der Waals surface area (Å²) < 4.78 is 15.6. The van der Waals surface area contributed by atoms with Gasteiger partial charge in [0.15, 0.2) is 0 Å². The third-order valence-electron chi connectivity index (χ3n) is 3.96. The molecule has 2 heterocycles. The summed E-state index contributed by atoms with van der Waals surface area (Å²) in [5.41, 5.74) is 7.75. The molecule has 0 unspecified atom stereocenters. The first-order chi connectivity index (χ1) is 12.8. The Labute approximate surface area is 167 Å². The van der Waals surface area contributed by atoms with Crippen LogP contribution in [0.3, 0.4) is 0 Å². The number of hydrazine groups is 1. The summed E-state index contributed by atoms with van der Waals surface area (Å²) >= 11 is 4.56. The molecule has 2 amide bonds. The molecular formula is C18H16BrFN4O2S. The maximum atomic E-state index is 13.1. The molecule has 0 atom stereocenters. The van der Waals surface area contributed by atoms with Crippen molar-refractivity contribution < 1.29 is 14.0 Å². The van der Waals surface area contributed by atoms with Gasteiger partial charge in [0.25, 0.3) is 5.91 Å². The standard InChI is InChI=1S/C18H16BrFN4O2S/c1-10-14(11(2)24(23-10)13-5-3-12(20)4-6-13)9-17(25)21-22-18(26)15-7-8-16(19)27-15/h3-8H,9H2,1-2H3,(H,21,25)(H,22,26). The highest BCUT2D eigenvalue weighted by molar-refractivity contribution is 9.11. The summed E-state index contributed by atoms with van der Waals surface area (Å²) in [6.07, 6.45) is 0.0628. The highest BCUT2D eigenvalue weighted by Gasteiger charge is 2.17. The van der Waals surface area contributed by atoms with E-state index in [1.165, 1.54) is 23.5 Å². The molecule has 0 bridgehead atoms. The Hall–Kier alpha value is -2.52. The molecule has 27 heavy (non-hydrogen) atoms. The van der Waals surface area contributed by atoms with Gasteiger partial charge in [0.05, 0.1) is 26.5 Å². The Morgan fingerprint density at radius 1 is 1.15 bits per heavy atom. The molecule has 0 saturated heterocycles. The third kappa shape index (κ3) is 4.42. The number of rotatable bonds is 4. The van der Waals surface area contributed by atoms with E-state index in [9.17, 15) is 14.0 Å². The highest BCUT2D eigenvalue weighted by Crippen LogP contribution is 2.22. The first-order valence-electron chi connectivity index (χ1n) is 8.00. The van der Waals surface area contributed by atoms with Crippen molar-refractivity contribution >= 4 is 39.1 Å². The van der Waals surface area contributed by atoms with E-state index < -0.39 is 0 Å². The Morgan fingerprint density at radius 2 is 1.85 bits per heavy atom. The fourth-order valence-corrected chi connectivity index (χ4v) is 3.87. The molecule has 3 aromatic rings. The largest absolute Gasteiger partial charge is 0.279 e. The second-order valence-corrected chi connectivity index (χ2v) is 8.28. The Bertz CT molecular complexity index is 997. The quantitative estimate of drug-likeness (QED) is 0.597. The third-order valence-corrected chi connectivity index (χ3v) is 5.58. The summed E-state index contributed by atoms with van der Waals surface area (Å²) in [7, 11) is 0. The summed E-state index contributed by atoms with van der Waals surface area (Å²) in [5.74, 6) is -1.06. The zero-order valence-corrected chi connectivity index (χ0v) is 16.9. The van der Waals surface area contributed by atoms with Crippen molar-refractivity contribution in [2.24, 2.45) is 0 Å². The van der Waals surface area contributed by atoms with Gasteiger partial charge < -0.3 is 0 Å². The summed E-state index contributed by atoms with van der Waals surface area (Å²) in [6.45, 7) is 3.64. The predicted octanol–water partition coefficient (Wildman–Crippen LogP) is 3.46. The minimum absolute atomic E-state index is 0.0628. The van der Waals surface area contributed by atoms with Crippen LogP contribution in [0.1, 0.15) is 26.6 Å². The van der Waals surface area contributed by atoms with Crippen LogP contribution in [0.15, 0.2) is 40.2 Å². The number of benzene rings is 1. The van der Waals surface area contributed by atoms with Crippen LogP contribution in [0.4, 0.5) is 4.39 Å². The van der Waals surface area contributed by atoms with E-state index in [-0.39, 0.29) is 24.1 Å². The van der Waals surface area contributed by atoms with Gasteiger partial charge in [-0.2, -0.15) is 5.10 Å². The number of aryl methyl sites for hydroxylation is 1. The monoisotopic (exact) mass is 450 g/mol. The lowest BCUT2D eigenvalue weighted by atomic mass is 10.1. The first kappa shape index (κ1) is 19.2. The maximum absolute atomic E-state index is 13.1. The van der Waals surface area contributed by atoms with Gasteiger partial charge in [0, 0.05) is 11.3 Å². The van der Waals surface area contributed by atoms with Crippen molar-refractivity contribution in [1.29, 1.82) is 0 Å². The van der Waals surface area contributed by atoms with Crippen molar-refractivity contribution in [2.75, 3.05) is 0 Å². The van der Waals surface area contributed by atoms with Crippen LogP contribution in [0.25, 0.3) is 5.69 Å². The number of thiophene rings is 1.